The molecule has 7 nitrogen and oxygen atoms in total. The van der Waals surface area contributed by atoms with Gasteiger partial charge in [0.05, 0.1) is 7.11 Å². The van der Waals surface area contributed by atoms with Gasteiger partial charge in [-0.2, -0.15) is 0 Å². The minimum atomic E-state index is -0.630. The third-order valence-corrected chi connectivity index (χ3v) is 1.94. The number of nitrogens with zero attached hydrogens (tertiary/aromatic N) is 2. The number of esters is 1. The second-order valence-electron chi connectivity index (χ2n) is 3.38. The molecule has 1 heterocycles. The lowest BCUT2D eigenvalue weighted by Gasteiger charge is -2.05. The average Bonchev–Trinajstić information content (AvgIpc) is 2.36. The molecule has 1 rings (SSSR count). The Morgan fingerprint density at radius 1 is 1.61 bits per heavy atom. The molecule has 0 aliphatic rings. The maximum absolute atomic E-state index is 10.9. The van der Waals surface area contributed by atoms with E-state index in [1.165, 1.54) is 31.5 Å². The van der Waals surface area contributed by atoms with E-state index in [2.05, 4.69) is 9.72 Å². The van der Waals surface area contributed by atoms with Crippen LogP contribution in [0.2, 0.25) is 0 Å². The molecular weight excluding hydrogens is 240 g/mol. The zero-order chi connectivity index (χ0) is 13.5. The number of aromatic nitrogens is 1. The molecule has 0 saturated heterocycles. The summed E-state index contributed by atoms with van der Waals surface area (Å²) in [6, 6.07) is 2.97. The smallest absolute Gasteiger partial charge is 0.406 e. The highest BCUT2D eigenvalue weighted by Gasteiger charge is 2.15. The van der Waals surface area contributed by atoms with Gasteiger partial charge >= 0.3 is 11.8 Å². The topological polar surface area (TPSA) is 91.6 Å². The first kappa shape index (κ1) is 13.6. The van der Waals surface area contributed by atoms with Gasteiger partial charge in [-0.05, 0) is 34.5 Å². The maximum Gasteiger partial charge on any atom is 0.406 e. The van der Waals surface area contributed by atoms with E-state index in [0.717, 1.165) is 0 Å². The Hall–Kier alpha value is -2.44. The largest absolute Gasteiger partial charge is 0.481 e. The normalized spacial score (nSPS) is 10.9. The minimum absolute atomic E-state index is 0.0433. The second-order valence-corrected chi connectivity index (χ2v) is 3.38. The van der Waals surface area contributed by atoms with E-state index in [9.17, 15) is 14.9 Å². The third-order valence-electron chi connectivity index (χ3n) is 1.94. The fourth-order valence-corrected chi connectivity index (χ4v) is 1.13. The zero-order valence-electron chi connectivity index (χ0n) is 9.95. The van der Waals surface area contributed by atoms with Crippen LogP contribution in [0.15, 0.2) is 30.0 Å². The van der Waals surface area contributed by atoms with Crippen molar-refractivity contribution in [1.29, 1.82) is 0 Å². The van der Waals surface area contributed by atoms with Gasteiger partial charge in [-0.3, -0.25) is 0 Å². The van der Waals surface area contributed by atoms with E-state index in [1.807, 2.05) is 0 Å². The minimum Gasteiger partial charge on any atom is -0.481 e. The summed E-state index contributed by atoms with van der Waals surface area (Å²) >= 11 is 0. The molecule has 96 valence electrons. The lowest BCUT2D eigenvalue weighted by atomic mass is 10.3. The molecule has 0 aliphatic heterocycles. The van der Waals surface area contributed by atoms with Crippen molar-refractivity contribution in [2.24, 2.45) is 0 Å². The predicted molar refractivity (Wildman–Crippen MR) is 62.2 cm³/mol. The summed E-state index contributed by atoms with van der Waals surface area (Å²) in [6.07, 6.45) is 2.56. The molecule has 1 aromatic rings. The van der Waals surface area contributed by atoms with E-state index < -0.39 is 10.9 Å². The Kier molecular flexibility index (Phi) is 4.79. The monoisotopic (exact) mass is 252 g/mol. The van der Waals surface area contributed by atoms with Crippen molar-refractivity contribution in [2.45, 2.75) is 6.92 Å². The van der Waals surface area contributed by atoms with E-state index >= 15 is 0 Å². The standard InChI is InChI=1S/C11H12N2O5/c1-8(6-10(14)17-2)7-18-9-4-3-5-12-11(9)13(15)16/h3-6H,7H2,1-2H3/b8-6+. The van der Waals surface area contributed by atoms with Gasteiger partial charge in [-0.1, -0.05) is 0 Å². The van der Waals surface area contributed by atoms with Crippen LogP contribution >= 0.6 is 0 Å². The molecule has 18 heavy (non-hydrogen) atoms. The molecule has 0 saturated carbocycles. The Balaban J connectivity index is 2.72. The van der Waals surface area contributed by atoms with Crippen molar-refractivity contribution in [3.63, 3.8) is 0 Å². The molecule has 0 aromatic carbocycles. The Morgan fingerprint density at radius 2 is 2.33 bits per heavy atom. The number of rotatable bonds is 5. The van der Waals surface area contributed by atoms with Crippen LogP contribution in [0.1, 0.15) is 6.92 Å². The zero-order valence-corrected chi connectivity index (χ0v) is 9.95. The number of nitro groups is 1. The van der Waals surface area contributed by atoms with Crippen LogP contribution in [0.3, 0.4) is 0 Å². The van der Waals surface area contributed by atoms with Crippen LogP contribution in [-0.2, 0) is 9.53 Å². The molecule has 0 amide bonds. The number of pyridine rings is 1. The number of carbonyl (C=O) groups is 1. The summed E-state index contributed by atoms with van der Waals surface area (Å²) in [5, 5.41) is 10.7. The SMILES string of the molecule is COC(=O)/C=C(\C)COc1cccnc1[N+](=O)[O-]. The van der Waals surface area contributed by atoms with Crippen molar-refractivity contribution >= 4 is 11.8 Å². The van der Waals surface area contributed by atoms with Crippen LogP contribution in [0.25, 0.3) is 0 Å². The highest BCUT2D eigenvalue weighted by Crippen LogP contribution is 2.23. The van der Waals surface area contributed by atoms with E-state index in [-0.39, 0.29) is 18.2 Å². The van der Waals surface area contributed by atoms with Crippen molar-refractivity contribution in [1.82, 2.24) is 4.98 Å². The fourth-order valence-electron chi connectivity index (χ4n) is 1.13. The lowest BCUT2D eigenvalue weighted by Crippen LogP contribution is -2.05. The van der Waals surface area contributed by atoms with Crippen LogP contribution < -0.4 is 4.74 Å². The summed E-state index contributed by atoms with van der Waals surface area (Å²) in [7, 11) is 1.26. The predicted octanol–water partition coefficient (Wildman–Crippen LogP) is 1.49. The number of ether oxygens (including phenoxy) is 2. The Bertz CT molecular complexity index is 484. The Morgan fingerprint density at radius 3 is 2.94 bits per heavy atom. The molecule has 1 aromatic heterocycles. The first-order valence-corrected chi connectivity index (χ1v) is 5.02. The average molecular weight is 252 g/mol. The molecule has 0 spiro atoms. The summed E-state index contributed by atoms with van der Waals surface area (Å²) in [4.78, 5) is 24.6. The Labute approximate surface area is 103 Å². The molecule has 0 bridgehead atoms. The van der Waals surface area contributed by atoms with Crippen molar-refractivity contribution in [2.75, 3.05) is 13.7 Å². The van der Waals surface area contributed by atoms with Crippen LogP contribution in [-0.4, -0.2) is 29.6 Å². The lowest BCUT2D eigenvalue weighted by molar-refractivity contribution is -0.390. The summed E-state index contributed by atoms with van der Waals surface area (Å²) in [6.45, 7) is 1.70. The molecule has 0 fully saturated rings. The quantitative estimate of drug-likeness (QED) is 0.341. The third kappa shape index (κ3) is 3.85. The number of hydrogen-bond donors (Lipinski definition) is 0. The van der Waals surface area contributed by atoms with E-state index in [4.69, 9.17) is 4.74 Å². The summed E-state index contributed by atoms with van der Waals surface area (Å²) in [5.74, 6) is -0.805. The maximum atomic E-state index is 10.9. The van der Waals surface area contributed by atoms with Crippen LogP contribution in [0.4, 0.5) is 5.82 Å². The first-order valence-electron chi connectivity index (χ1n) is 5.02. The van der Waals surface area contributed by atoms with Gasteiger partial charge in [-0.25, -0.2) is 4.79 Å². The molecule has 0 atom stereocenters. The molecular formula is C11H12N2O5. The van der Waals surface area contributed by atoms with Gasteiger partial charge < -0.3 is 19.6 Å². The first-order chi connectivity index (χ1) is 8.54. The highest BCUT2D eigenvalue weighted by atomic mass is 16.6. The molecule has 0 unspecified atom stereocenters. The molecule has 0 radical (unpaired) electrons. The number of carbonyl (C=O) groups excluding carboxylic acids is 1. The molecule has 0 N–H and O–H groups in total. The van der Waals surface area contributed by atoms with Crippen LogP contribution in [0, 0.1) is 10.1 Å². The molecule has 7 heteroatoms. The number of hydrogen-bond acceptors (Lipinski definition) is 6. The van der Waals surface area contributed by atoms with E-state index in [1.54, 1.807) is 6.92 Å². The number of methoxy groups -OCH3 is 1. The second kappa shape index (κ2) is 6.33. The summed E-state index contributed by atoms with van der Waals surface area (Å²) in [5.41, 5.74) is 0.583. The fraction of sp³-hybridized carbons (Fsp3) is 0.273. The van der Waals surface area contributed by atoms with Gasteiger partial charge in [-0.15, -0.1) is 0 Å². The molecule has 0 aliphatic carbocycles. The van der Waals surface area contributed by atoms with E-state index in [0.29, 0.717) is 5.57 Å². The highest BCUT2D eigenvalue weighted by molar-refractivity contribution is 5.82. The van der Waals surface area contributed by atoms with Crippen molar-refractivity contribution < 1.29 is 19.2 Å². The van der Waals surface area contributed by atoms with Gasteiger partial charge in [0.25, 0.3) is 0 Å². The van der Waals surface area contributed by atoms with Gasteiger partial charge in [0.2, 0.25) is 5.75 Å². The van der Waals surface area contributed by atoms with Crippen LogP contribution in [0.5, 0.6) is 5.75 Å². The summed E-state index contributed by atoms with van der Waals surface area (Å²) < 4.78 is 9.67. The van der Waals surface area contributed by atoms with Gasteiger partial charge in [0.15, 0.2) is 0 Å². The van der Waals surface area contributed by atoms with Crippen molar-refractivity contribution in [3.05, 3.63) is 40.1 Å². The van der Waals surface area contributed by atoms with Crippen molar-refractivity contribution in [3.8, 4) is 5.75 Å². The van der Waals surface area contributed by atoms with Gasteiger partial charge in [0.1, 0.15) is 12.8 Å². The van der Waals surface area contributed by atoms with Gasteiger partial charge in [0, 0.05) is 6.08 Å².